The van der Waals surface area contributed by atoms with Gasteiger partial charge >= 0.3 is 0 Å². The first-order chi connectivity index (χ1) is 6.72. The number of hydrogen-bond donors (Lipinski definition) is 1. The molecule has 1 amide bonds. The Morgan fingerprint density at radius 2 is 2.14 bits per heavy atom. The van der Waals surface area contributed by atoms with Gasteiger partial charge in [0.1, 0.15) is 0 Å². The van der Waals surface area contributed by atoms with E-state index in [1.807, 2.05) is 6.92 Å². The molecule has 0 aliphatic heterocycles. The van der Waals surface area contributed by atoms with Crippen molar-refractivity contribution in [2.24, 2.45) is 5.92 Å². The topological polar surface area (TPSA) is 38.3 Å². The fourth-order valence-corrected chi connectivity index (χ4v) is 1.14. The maximum atomic E-state index is 11.2. The highest BCUT2D eigenvalue weighted by Crippen LogP contribution is 1.98. The van der Waals surface area contributed by atoms with Crippen molar-refractivity contribution < 1.29 is 9.53 Å². The molecule has 0 spiro atoms. The Labute approximate surface area is 91.2 Å². The van der Waals surface area contributed by atoms with Crippen molar-refractivity contribution in [3.05, 3.63) is 0 Å². The van der Waals surface area contributed by atoms with Gasteiger partial charge in [-0.25, -0.2) is 0 Å². The number of alkyl halides is 1. The van der Waals surface area contributed by atoms with E-state index in [0.29, 0.717) is 5.88 Å². The van der Waals surface area contributed by atoms with Crippen molar-refractivity contribution in [2.75, 3.05) is 26.1 Å². The molecule has 0 rings (SSSR count). The fraction of sp³-hybridized carbons (Fsp3) is 0.900. The van der Waals surface area contributed by atoms with Gasteiger partial charge in [0.05, 0.1) is 0 Å². The summed E-state index contributed by atoms with van der Waals surface area (Å²) in [5.74, 6) is 0.345. The Morgan fingerprint density at radius 1 is 1.43 bits per heavy atom. The van der Waals surface area contributed by atoms with Gasteiger partial charge in [0.2, 0.25) is 5.91 Å². The molecule has 0 aromatic heterocycles. The number of halogens is 1. The van der Waals surface area contributed by atoms with Crippen molar-refractivity contribution in [2.45, 2.75) is 26.2 Å². The van der Waals surface area contributed by atoms with E-state index in [1.165, 1.54) is 0 Å². The first-order valence-corrected chi connectivity index (χ1v) is 5.58. The molecule has 14 heavy (non-hydrogen) atoms. The van der Waals surface area contributed by atoms with Gasteiger partial charge in [0.25, 0.3) is 0 Å². The highest BCUT2D eigenvalue weighted by Gasteiger charge is 2.09. The number of carbonyl (C=O) groups excluding carboxylic acids is 1. The third kappa shape index (κ3) is 7.15. The Hall–Kier alpha value is -0.280. The van der Waals surface area contributed by atoms with Crippen molar-refractivity contribution in [3.63, 3.8) is 0 Å². The predicted octanol–water partition coefficient (Wildman–Crippen LogP) is 1.79. The van der Waals surface area contributed by atoms with Crippen LogP contribution in [0.25, 0.3) is 0 Å². The molecule has 3 nitrogen and oxygen atoms in total. The second-order valence-corrected chi connectivity index (χ2v) is 3.71. The summed E-state index contributed by atoms with van der Waals surface area (Å²) in [6.07, 6.45) is 3.14. The normalized spacial score (nSPS) is 12.5. The fourth-order valence-electron chi connectivity index (χ4n) is 1.00. The van der Waals surface area contributed by atoms with Crippen molar-refractivity contribution in [3.8, 4) is 0 Å². The number of ether oxygens (including phenoxy) is 1. The minimum absolute atomic E-state index is 0.0479. The summed E-state index contributed by atoms with van der Waals surface area (Å²) in [6, 6.07) is 0. The SMILES string of the molecule is COCCCCCNC(=O)C(C)CCl. The number of rotatable bonds is 8. The van der Waals surface area contributed by atoms with Crippen molar-refractivity contribution in [1.82, 2.24) is 5.32 Å². The molecular formula is C10H20ClNO2. The lowest BCUT2D eigenvalue weighted by atomic mass is 10.2. The lowest BCUT2D eigenvalue weighted by molar-refractivity contribution is -0.123. The number of unbranched alkanes of at least 4 members (excludes halogenated alkanes) is 2. The summed E-state index contributed by atoms with van der Waals surface area (Å²) < 4.78 is 4.92. The zero-order valence-electron chi connectivity index (χ0n) is 9.01. The summed E-state index contributed by atoms with van der Waals surface area (Å²) in [4.78, 5) is 11.2. The molecule has 0 aromatic carbocycles. The first kappa shape index (κ1) is 13.7. The molecule has 0 aliphatic carbocycles. The van der Waals surface area contributed by atoms with Crippen LogP contribution in [0.1, 0.15) is 26.2 Å². The monoisotopic (exact) mass is 221 g/mol. The van der Waals surface area contributed by atoms with Crippen LogP contribution in [0.4, 0.5) is 0 Å². The lowest BCUT2D eigenvalue weighted by Gasteiger charge is -2.08. The highest BCUT2D eigenvalue weighted by molar-refractivity contribution is 6.19. The molecule has 0 aromatic rings. The smallest absolute Gasteiger partial charge is 0.224 e. The van der Waals surface area contributed by atoms with E-state index in [-0.39, 0.29) is 11.8 Å². The van der Waals surface area contributed by atoms with E-state index in [9.17, 15) is 4.79 Å². The Bertz CT molecular complexity index is 153. The summed E-state index contributed by atoms with van der Waals surface area (Å²) in [6.45, 7) is 3.36. The van der Waals surface area contributed by atoms with Crippen LogP contribution >= 0.6 is 11.6 Å². The molecule has 0 saturated heterocycles. The van der Waals surface area contributed by atoms with Gasteiger partial charge in [0.15, 0.2) is 0 Å². The quantitative estimate of drug-likeness (QED) is 0.502. The number of carbonyl (C=O) groups is 1. The van der Waals surface area contributed by atoms with E-state index in [2.05, 4.69) is 5.32 Å². The molecule has 84 valence electrons. The molecule has 1 unspecified atom stereocenters. The lowest BCUT2D eigenvalue weighted by Crippen LogP contribution is -2.30. The molecule has 1 atom stereocenters. The molecule has 0 heterocycles. The number of methoxy groups -OCH3 is 1. The maximum absolute atomic E-state index is 11.2. The molecule has 0 bridgehead atoms. The van der Waals surface area contributed by atoms with E-state index < -0.39 is 0 Å². The zero-order valence-corrected chi connectivity index (χ0v) is 9.77. The van der Waals surface area contributed by atoms with Gasteiger partial charge in [-0.3, -0.25) is 4.79 Å². The Morgan fingerprint density at radius 3 is 2.71 bits per heavy atom. The standard InChI is InChI=1S/C10H20ClNO2/c1-9(8-11)10(13)12-6-4-3-5-7-14-2/h9H,3-8H2,1-2H3,(H,12,13). The van der Waals surface area contributed by atoms with E-state index >= 15 is 0 Å². The summed E-state index contributed by atoms with van der Waals surface area (Å²) in [5, 5.41) is 2.85. The van der Waals surface area contributed by atoms with Crippen LogP contribution in [0.15, 0.2) is 0 Å². The average molecular weight is 222 g/mol. The minimum atomic E-state index is -0.0874. The highest BCUT2D eigenvalue weighted by atomic mass is 35.5. The summed E-state index contributed by atoms with van der Waals surface area (Å²) in [5.41, 5.74) is 0. The van der Waals surface area contributed by atoms with E-state index in [4.69, 9.17) is 16.3 Å². The number of hydrogen-bond acceptors (Lipinski definition) is 2. The molecule has 1 N–H and O–H groups in total. The van der Waals surface area contributed by atoms with Gasteiger partial charge in [-0.2, -0.15) is 0 Å². The third-order valence-electron chi connectivity index (χ3n) is 2.00. The number of nitrogens with one attached hydrogen (secondary N) is 1. The minimum Gasteiger partial charge on any atom is -0.385 e. The van der Waals surface area contributed by atoms with Crippen LogP contribution in [-0.2, 0) is 9.53 Å². The molecule has 4 heteroatoms. The van der Waals surface area contributed by atoms with Gasteiger partial charge < -0.3 is 10.1 Å². The maximum Gasteiger partial charge on any atom is 0.224 e. The first-order valence-electron chi connectivity index (χ1n) is 5.05. The Kier molecular flexibility index (Phi) is 9.10. The zero-order chi connectivity index (χ0) is 10.8. The number of amides is 1. The third-order valence-corrected chi connectivity index (χ3v) is 2.47. The van der Waals surface area contributed by atoms with E-state index in [0.717, 1.165) is 32.4 Å². The summed E-state index contributed by atoms with van der Waals surface area (Å²) in [7, 11) is 1.70. The molecule has 0 radical (unpaired) electrons. The van der Waals surface area contributed by atoms with Crippen molar-refractivity contribution in [1.29, 1.82) is 0 Å². The molecule has 0 fully saturated rings. The van der Waals surface area contributed by atoms with Crippen molar-refractivity contribution >= 4 is 17.5 Å². The second-order valence-electron chi connectivity index (χ2n) is 3.40. The van der Waals surface area contributed by atoms with Crippen LogP contribution in [0.5, 0.6) is 0 Å². The average Bonchev–Trinajstić information content (AvgIpc) is 2.21. The van der Waals surface area contributed by atoms with Gasteiger partial charge in [-0.05, 0) is 19.3 Å². The van der Waals surface area contributed by atoms with Crippen LogP contribution in [0.2, 0.25) is 0 Å². The van der Waals surface area contributed by atoms with Crippen LogP contribution in [0.3, 0.4) is 0 Å². The summed E-state index contributed by atoms with van der Waals surface area (Å²) >= 11 is 5.55. The predicted molar refractivity (Wildman–Crippen MR) is 58.6 cm³/mol. The van der Waals surface area contributed by atoms with Gasteiger partial charge in [-0.1, -0.05) is 6.92 Å². The molecular weight excluding hydrogens is 202 g/mol. The van der Waals surface area contributed by atoms with Gasteiger partial charge in [0, 0.05) is 32.1 Å². The Balaban J connectivity index is 3.23. The molecule has 0 saturated carbocycles. The van der Waals surface area contributed by atoms with Crippen LogP contribution in [0, 0.1) is 5.92 Å². The van der Waals surface area contributed by atoms with E-state index in [1.54, 1.807) is 7.11 Å². The molecule has 0 aliphatic rings. The van der Waals surface area contributed by atoms with Crippen LogP contribution in [-0.4, -0.2) is 32.0 Å². The van der Waals surface area contributed by atoms with Crippen LogP contribution < -0.4 is 5.32 Å². The largest absolute Gasteiger partial charge is 0.385 e. The van der Waals surface area contributed by atoms with Gasteiger partial charge in [-0.15, -0.1) is 11.6 Å². The second kappa shape index (κ2) is 9.28.